The van der Waals surface area contributed by atoms with Crippen molar-refractivity contribution in [3.8, 4) is 0 Å². The molecule has 0 unspecified atom stereocenters. The third-order valence-electron chi connectivity index (χ3n) is 2.31. The van der Waals surface area contributed by atoms with Crippen LogP contribution in [0.25, 0.3) is 0 Å². The summed E-state index contributed by atoms with van der Waals surface area (Å²) in [6, 6.07) is 0. The minimum atomic E-state index is -3.42. The predicted molar refractivity (Wildman–Crippen MR) is 58.2 cm³/mol. The largest absolute Gasteiger partial charge is 0.463 e. The first-order valence-electron chi connectivity index (χ1n) is 5.07. The number of ether oxygens (including phenoxy) is 1. The van der Waals surface area contributed by atoms with E-state index in [-0.39, 0.29) is 12.0 Å². The molecule has 1 aliphatic carbocycles. The van der Waals surface area contributed by atoms with Crippen molar-refractivity contribution in [2.24, 2.45) is 5.41 Å². The molecule has 0 aromatic heterocycles. The van der Waals surface area contributed by atoms with E-state index >= 15 is 0 Å². The lowest BCUT2D eigenvalue weighted by atomic mass is 10.1. The molecule has 0 atom stereocenters. The topological polar surface area (TPSA) is 69.7 Å². The van der Waals surface area contributed by atoms with E-state index in [1.165, 1.54) is 6.08 Å². The zero-order valence-electron chi connectivity index (χ0n) is 9.43. The molecule has 6 heteroatoms. The number of esters is 1. The smallest absolute Gasteiger partial charge is 0.330 e. The van der Waals surface area contributed by atoms with E-state index in [4.69, 9.17) is 8.92 Å². The van der Waals surface area contributed by atoms with Crippen molar-refractivity contribution in [3.05, 3.63) is 12.2 Å². The molecule has 16 heavy (non-hydrogen) atoms. The predicted octanol–water partition coefficient (Wildman–Crippen LogP) is 0.862. The van der Waals surface area contributed by atoms with E-state index < -0.39 is 16.1 Å². The molecule has 0 N–H and O–H groups in total. The van der Waals surface area contributed by atoms with Gasteiger partial charge in [0.1, 0.15) is 0 Å². The quantitative estimate of drug-likeness (QED) is 0.396. The first-order chi connectivity index (χ1) is 7.37. The first-order valence-corrected chi connectivity index (χ1v) is 6.89. The van der Waals surface area contributed by atoms with Gasteiger partial charge >= 0.3 is 5.97 Å². The van der Waals surface area contributed by atoms with Gasteiger partial charge in [0, 0.05) is 11.5 Å². The summed E-state index contributed by atoms with van der Waals surface area (Å²) in [4.78, 5) is 11.1. The second kappa shape index (κ2) is 4.97. The van der Waals surface area contributed by atoms with Gasteiger partial charge in [-0.3, -0.25) is 4.18 Å². The Morgan fingerprint density at radius 3 is 2.50 bits per heavy atom. The highest BCUT2D eigenvalue weighted by Crippen LogP contribution is 2.47. The number of hydrogen-bond acceptors (Lipinski definition) is 5. The fourth-order valence-electron chi connectivity index (χ4n) is 1.18. The summed E-state index contributed by atoms with van der Waals surface area (Å²) in [5.41, 5.74) is -0.296. The Morgan fingerprint density at radius 2 is 2.06 bits per heavy atom. The second-order valence-electron chi connectivity index (χ2n) is 3.91. The maximum absolute atomic E-state index is 11.1. The fraction of sp³-hybridized carbons (Fsp3) is 0.700. The molecule has 1 rings (SSSR count). The summed E-state index contributed by atoms with van der Waals surface area (Å²) >= 11 is 0. The molecule has 0 radical (unpaired) electrons. The molecule has 0 bridgehead atoms. The van der Waals surface area contributed by atoms with E-state index in [9.17, 15) is 13.2 Å². The van der Waals surface area contributed by atoms with Crippen LogP contribution in [-0.2, 0) is 23.8 Å². The average Bonchev–Trinajstić information content (AvgIpc) is 2.92. The number of carbonyl (C=O) groups excluding carboxylic acids is 1. The second-order valence-corrected chi connectivity index (χ2v) is 5.56. The van der Waals surface area contributed by atoms with Crippen LogP contribution in [0.5, 0.6) is 0 Å². The lowest BCUT2D eigenvalue weighted by Gasteiger charge is -2.08. The lowest BCUT2D eigenvalue weighted by molar-refractivity contribution is -0.137. The maximum Gasteiger partial charge on any atom is 0.330 e. The molecule has 0 spiro atoms. The summed E-state index contributed by atoms with van der Waals surface area (Å²) in [5.74, 6) is -0.409. The Bertz CT molecular complexity index is 378. The third kappa shape index (κ3) is 4.76. The molecule has 0 aromatic carbocycles. The summed E-state index contributed by atoms with van der Waals surface area (Å²) in [6.07, 6.45) is 5.69. The van der Waals surface area contributed by atoms with Gasteiger partial charge in [-0.1, -0.05) is 6.08 Å². The van der Waals surface area contributed by atoms with E-state index in [1.54, 1.807) is 13.0 Å². The highest BCUT2D eigenvalue weighted by atomic mass is 32.2. The minimum Gasteiger partial charge on any atom is -0.463 e. The van der Waals surface area contributed by atoms with Gasteiger partial charge in [-0.15, -0.1) is 0 Å². The van der Waals surface area contributed by atoms with E-state index in [1.807, 2.05) is 0 Å². The summed E-state index contributed by atoms with van der Waals surface area (Å²) in [6.45, 7) is 2.16. The standard InChI is InChI=1S/C10H16O5S/c1-3-14-9(11)4-5-10(6-7-10)8-15-16(2,12)13/h4-5H,3,6-8H2,1-2H3/b5-4+. The molecule has 0 aromatic rings. The molecule has 1 fully saturated rings. The van der Waals surface area contributed by atoms with Gasteiger partial charge in [-0.05, 0) is 19.8 Å². The zero-order valence-corrected chi connectivity index (χ0v) is 10.2. The highest BCUT2D eigenvalue weighted by Gasteiger charge is 2.41. The van der Waals surface area contributed by atoms with Crippen LogP contribution in [0.15, 0.2) is 12.2 Å². The molecule has 0 amide bonds. The highest BCUT2D eigenvalue weighted by molar-refractivity contribution is 7.85. The lowest BCUT2D eigenvalue weighted by Crippen LogP contribution is -2.13. The summed E-state index contributed by atoms with van der Waals surface area (Å²) in [7, 11) is -3.42. The number of rotatable bonds is 6. The van der Waals surface area contributed by atoms with E-state index in [0.717, 1.165) is 19.1 Å². The minimum absolute atomic E-state index is 0.0989. The molecule has 0 saturated heterocycles. The Hall–Kier alpha value is -0.880. The normalized spacial score (nSPS) is 18.6. The molecule has 1 aliphatic rings. The van der Waals surface area contributed by atoms with Gasteiger partial charge in [0.25, 0.3) is 10.1 Å². The molecule has 5 nitrogen and oxygen atoms in total. The maximum atomic E-state index is 11.1. The summed E-state index contributed by atoms with van der Waals surface area (Å²) in [5, 5.41) is 0. The van der Waals surface area contributed by atoms with E-state index in [2.05, 4.69) is 0 Å². The van der Waals surface area contributed by atoms with Crippen molar-refractivity contribution < 1.29 is 22.1 Å². The van der Waals surface area contributed by atoms with Crippen molar-refractivity contribution in [2.45, 2.75) is 19.8 Å². The molecule has 0 aliphatic heterocycles. The SMILES string of the molecule is CCOC(=O)/C=C/C1(COS(C)(=O)=O)CC1. The van der Waals surface area contributed by atoms with Crippen molar-refractivity contribution in [3.63, 3.8) is 0 Å². The Balaban J connectivity index is 2.44. The van der Waals surface area contributed by atoms with Crippen LogP contribution >= 0.6 is 0 Å². The van der Waals surface area contributed by atoms with E-state index in [0.29, 0.717) is 6.61 Å². The fourth-order valence-corrected chi connectivity index (χ4v) is 1.63. The number of carbonyl (C=O) groups is 1. The van der Waals surface area contributed by atoms with Crippen LogP contribution in [0.4, 0.5) is 0 Å². The van der Waals surface area contributed by atoms with Gasteiger partial charge in [0.05, 0.1) is 19.5 Å². The van der Waals surface area contributed by atoms with Crippen LogP contribution in [0, 0.1) is 5.41 Å². The third-order valence-corrected chi connectivity index (χ3v) is 2.86. The van der Waals surface area contributed by atoms with Crippen LogP contribution in [0.1, 0.15) is 19.8 Å². The Morgan fingerprint density at radius 1 is 1.44 bits per heavy atom. The van der Waals surface area contributed by atoms with Crippen LogP contribution in [0.3, 0.4) is 0 Å². The zero-order chi connectivity index (χ0) is 12.2. The molecular weight excluding hydrogens is 232 g/mol. The van der Waals surface area contributed by atoms with Gasteiger partial charge < -0.3 is 4.74 Å². The Kier molecular flexibility index (Phi) is 4.09. The van der Waals surface area contributed by atoms with Crippen LogP contribution in [-0.4, -0.2) is 33.9 Å². The van der Waals surface area contributed by atoms with Gasteiger partial charge in [0.15, 0.2) is 0 Å². The monoisotopic (exact) mass is 248 g/mol. The molecule has 0 heterocycles. The van der Waals surface area contributed by atoms with Gasteiger partial charge in [-0.2, -0.15) is 8.42 Å². The Labute approximate surface area is 95.6 Å². The summed E-state index contributed by atoms with van der Waals surface area (Å²) < 4.78 is 31.1. The number of hydrogen-bond donors (Lipinski definition) is 0. The van der Waals surface area contributed by atoms with Crippen molar-refractivity contribution >= 4 is 16.1 Å². The van der Waals surface area contributed by atoms with Gasteiger partial charge in [0.2, 0.25) is 0 Å². The first kappa shape index (κ1) is 13.2. The average molecular weight is 248 g/mol. The molecular formula is C10H16O5S. The molecule has 92 valence electrons. The van der Waals surface area contributed by atoms with Gasteiger partial charge in [-0.25, -0.2) is 4.79 Å². The van der Waals surface area contributed by atoms with Crippen molar-refractivity contribution in [1.29, 1.82) is 0 Å². The van der Waals surface area contributed by atoms with Crippen LogP contribution < -0.4 is 0 Å². The van der Waals surface area contributed by atoms with Crippen LogP contribution in [0.2, 0.25) is 0 Å². The molecule has 1 saturated carbocycles. The van der Waals surface area contributed by atoms with Crippen molar-refractivity contribution in [1.82, 2.24) is 0 Å². The van der Waals surface area contributed by atoms with Crippen molar-refractivity contribution in [2.75, 3.05) is 19.5 Å².